The fraction of sp³-hybridized carbons (Fsp3) is 0.120. The van der Waals surface area contributed by atoms with Crippen LogP contribution in [0.3, 0.4) is 0 Å². The lowest BCUT2D eigenvalue weighted by molar-refractivity contribution is -0.123. The summed E-state index contributed by atoms with van der Waals surface area (Å²) in [5, 5.41) is 3.14. The molecule has 1 amide bonds. The molecule has 0 aliphatic rings. The van der Waals surface area contributed by atoms with Crippen LogP contribution in [0.5, 0.6) is 5.75 Å². The Bertz CT molecular complexity index is 1490. The zero-order valence-electron chi connectivity index (χ0n) is 18.4. The van der Waals surface area contributed by atoms with Crippen molar-refractivity contribution in [3.05, 3.63) is 72.3 Å². The van der Waals surface area contributed by atoms with Crippen LogP contribution in [0.2, 0.25) is 0 Å². The number of carbonyl (C=O) groups is 2. The Labute approximate surface area is 198 Å². The fourth-order valence-electron chi connectivity index (χ4n) is 3.52. The summed E-state index contributed by atoms with van der Waals surface area (Å²) in [5.74, 6) is 0.170. The van der Waals surface area contributed by atoms with Crippen molar-refractivity contribution in [1.29, 1.82) is 0 Å². The number of amides is 1. The van der Waals surface area contributed by atoms with Gasteiger partial charge in [-0.1, -0.05) is 41.7 Å². The van der Waals surface area contributed by atoms with Crippen molar-refractivity contribution in [1.82, 2.24) is 15.0 Å². The van der Waals surface area contributed by atoms with Gasteiger partial charge in [0.1, 0.15) is 11.6 Å². The molecule has 9 heteroatoms. The maximum absolute atomic E-state index is 13.0. The van der Waals surface area contributed by atoms with E-state index < -0.39 is 18.0 Å². The van der Waals surface area contributed by atoms with Gasteiger partial charge in [0.25, 0.3) is 5.91 Å². The third kappa shape index (κ3) is 4.20. The number of para-hydroxylation sites is 2. The number of esters is 1. The number of aromatic nitrogens is 3. The summed E-state index contributed by atoms with van der Waals surface area (Å²) in [7, 11) is 1.59. The number of carbonyl (C=O) groups excluding carboxylic acids is 2. The molecule has 0 aliphatic heterocycles. The Hall–Kier alpha value is -4.24. The molecule has 0 spiro atoms. The molecule has 0 bridgehead atoms. The van der Waals surface area contributed by atoms with Crippen molar-refractivity contribution in [2.75, 3.05) is 12.4 Å². The standard InChI is InChI=1S/C25H20N4O4S/c1-14(23(30)29-25-28-20-12-11-15(32-2)13-21(20)34-25)33-24(31)17-8-4-3-7-16(17)22-26-18-9-5-6-10-19(18)27-22/h3-14H,1-2H3,(H,26,27)(H,28,29,30). The highest BCUT2D eigenvalue weighted by molar-refractivity contribution is 7.22. The van der Waals surface area contributed by atoms with Crippen LogP contribution in [-0.4, -0.2) is 40.0 Å². The Morgan fingerprint density at radius 3 is 2.62 bits per heavy atom. The quantitative estimate of drug-likeness (QED) is 0.336. The lowest BCUT2D eigenvalue weighted by Gasteiger charge is -2.13. The number of H-pyrrole nitrogens is 1. The van der Waals surface area contributed by atoms with Crippen molar-refractivity contribution in [2.24, 2.45) is 0 Å². The van der Waals surface area contributed by atoms with E-state index in [9.17, 15) is 9.59 Å². The number of rotatable bonds is 6. The van der Waals surface area contributed by atoms with Crippen LogP contribution in [0.25, 0.3) is 32.6 Å². The van der Waals surface area contributed by atoms with Crippen LogP contribution in [0.4, 0.5) is 5.13 Å². The minimum Gasteiger partial charge on any atom is -0.497 e. The van der Waals surface area contributed by atoms with E-state index in [4.69, 9.17) is 9.47 Å². The number of imidazole rings is 1. The fourth-order valence-corrected chi connectivity index (χ4v) is 4.42. The number of fused-ring (bicyclic) bond motifs is 2. The Morgan fingerprint density at radius 2 is 1.79 bits per heavy atom. The molecule has 8 nitrogen and oxygen atoms in total. The van der Waals surface area contributed by atoms with Crippen LogP contribution < -0.4 is 10.1 Å². The Kier molecular flexibility index (Phi) is 5.69. The van der Waals surface area contributed by atoms with Gasteiger partial charge in [0, 0.05) is 5.56 Å². The van der Waals surface area contributed by atoms with E-state index in [0.29, 0.717) is 27.8 Å². The highest BCUT2D eigenvalue weighted by atomic mass is 32.1. The third-order valence-corrected chi connectivity index (χ3v) is 6.20. The second-order valence-corrected chi connectivity index (χ2v) is 8.57. The average molecular weight is 473 g/mol. The molecule has 3 aromatic carbocycles. The first-order valence-corrected chi connectivity index (χ1v) is 11.3. The number of aromatic amines is 1. The van der Waals surface area contributed by atoms with Gasteiger partial charge in [0.05, 0.1) is 33.9 Å². The van der Waals surface area contributed by atoms with Gasteiger partial charge in [0.2, 0.25) is 0 Å². The average Bonchev–Trinajstić information content (AvgIpc) is 3.46. The van der Waals surface area contributed by atoms with E-state index in [1.165, 1.54) is 18.3 Å². The number of anilines is 1. The van der Waals surface area contributed by atoms with Gasteiger partial charge >= 0.3 is 5.97 Å². The molecule has 2 heterocycles. The molecule has 0 radical (unpaired) electrons. The number of thiazole rings is 1. The van der Waals surface area contributed by atoms with E-state index in [-0.39, 0.29) is 0 Å². The number of ether oxygens (including phenoxy) is 2. The summed E-state index contributed by atoms with van der Waals surface area (Å²) in [6.45, 7) is 1.52. The first-order chi connectivity index (χ1) is 16.5. The third-order valence-electron chi connectivity index (χ3n) is 5.27. The highest BCUT2D eigenvalue weighted by Gasteiger charge is 2.23. The number of nitrogens with zero attached hydrogens (tertiary/aromatic N) is 2. The molecule has 0 saturated carbocycles. The Morgan fingerprint density at radius 1 is 1.00 bits per heavy atom. The van der Waals surface area contributed by atoms with Crippen molar-refractivity contribution >= 4 is 49.6 Å². The van der Waals surface area contributed by atoms with E-state index in [2.05, 4.69) is 20.3 Å². The summed E-state index contributed by atoms with van der Waals surface area (Å²) in [6.07, 6.45) is -1.03. The molecule has 0 fully saturated rings. The zero-order chi connectivity index (χ0) is 23.7. The number of nitrogens with one attached hydrogen (secondary N) is 2. The lowest BCUT2D eigenvalue weighted by atomic mass is 10.1. The molecule has 0 aliphatic carbocycles. The normalized spacial score (nSPS) is 11.9. The molecule has 2 N–H and O–H groups in total. The number of hydrogen-bond donors (Lipinski definition) is 2. The topological polar surface area (TPSA) is 106 Å². The van der Waals surface area contributed by atoms with E-state index in [1.807, 2.05) is 42.5 Å². The largest absolute Gasteiger partial charge is 0.497 e. The van der Waals surface area contributed by atoms with Crippen molar-refractivity contribution in [3.8, 4) is 17.1 Å². The van der Waals surface area contributed by atoms with Gasteiger partial charge < -0.3 is 14.5 Å². The summed E-state index contributed by atoms with van der Waals surface area (Å²) in [5.41, 5.74) is 3.30. The number of hydrogen-bond acceptors (Lipinski definition) is 7. The van der Waals surface area contributed by atoms with Crippen LogP contribution in [-0.2, 0) is 9.53 Å². The van der Waals surface area contributed by atoms with E-state index in [0.717, 1.165) is 21.3 Å². The lowest BCUT2D eigenvalue weighted by Crippen LogP contribution is -2.30. The maximum atomic E-state index is 13.0. The predicted octanol–water partition coefficient (Wildman–Crippen LogP) is 5.03. The van der Waals surface area contributed by atoms with Crippen molar-refractivity contribution in [3.63, 3.8) is 0 Å². The zero-order valence-corrected chi connectivity index (χ0v) is 19.2. The molecular formula is C25H20N4O4S. The molecule has 5 rings (SSSR count). The second-order valence-electron chi connectivity index (χ2n) is 7.54. The van der Waals surface area contributed by atoms with Gasteiger partial charge in [-0.3, -0.25) is 10.1 Å². The summed E-state index contributed by atoms with van der Waals surface area (Å²) < 4.78 is 11.6. The van der Waals surface area contributed by atoms with E-state index in [1.54, 1.807) is 31.4 Å². The van der Waals surface area contributed by atoms with Crippen LogP contribution in [0.15, 0.2) is 66.7 Å². The molecular weight excluding hydrogens is 452 g/mol. The maximum Gasteiger partial charge on any atom is 0.339 e. The number of benzene rings is 3. The smallest absolute Gasteiger partial charge is 0.339 e. The van der Waals surface area contributed by atoms with Crippen LogP contribution in [0, 0.1) is 0 Å². The Balaban J connectivity index is 1.32. The first-order valence-electron chi connectivity index (χ1n) is 10.5. The SMILES string of the molecule is COc1ccc2nc(NC(=O)C(C)OC(=O)c3ccccc3-c3nc4ccccc4[nH]3)sc2c1. The van der Waals surface area contributed by atoms with Gasteiger partial charge in [-0.25, -0.2) is 14.8 Å². The molecule has 1 unspecified atom stereocenters. The minimum absolute atomic E-state index is 0.313. The van der Waals surface area contributed by atoms with Gasteiger partial charge in [0.15, 0.2) is 11.2 Å². The number of methoxy groups -OCH3 is 1. The van der Waals surface area contributed by atoms with Crippen molar-refractivity contribution in [2.45, 2.75) is 13.0 Å². The van der Waals surface area contributed by atoms with Crippen molar-refractivity contribution < 1.29 is 19.1 Å². The monoisotopic (exact) mass is 472 g/mol. The molecule has 0 saturated heterocycles. The van der Waals surface area contributed by atoms with Gasteiger partial charge in [-0.15, -0.1) is 0 Å². The second kappa shape index (κ2) is 8.95. The predicted molar refractivity (Wildman–Crippen MR) is 131 cm³/mol. The molecule has 34 heavy (non-hydrogen) atoms. The summed E-state index contributed by atoms with van der Waals surface area (Å²) in [6, 6.07) is 20.1. The summed E-state index contributed by atoms with van der Waals surface area (Å²) in [4.78, 5) is 37.8. The highest BCUT2D eigenvalue weighted by Crippen LogP contribution is 2.29. The summed E-state index contributed by atoms with van der Waals surface area (Å²) >= 11 is 1.31. The van der Waals surface area contributed by atoms with Gasteiger partial charge in [-0.2, -0.15) is 0 Å². The molecule has 1 atom stereocenters. The van der Waals surface area contributed by atoms with Crippen LogP contribution >= 0.6 is 11.3 Å². The first kappa shape index (κ1) is 21.6. The molecule has 5 aromatic rings. The van der Waals surface area contributed by atoms with Gasteiger partial charge in [-0.05, 0) is 43.3 Å². The minimum atomic E-state index is -1.03. The molecule has 170 valence electrons. The van der Waals surface area contributed by atoms with E-state index >= 15 is 0 Å². The van der Waals surface area contributed by atoms with Crippen LogP contribution in [0.1, 0.15) is 17.3 Å². The molecule has 2 aromatic heterocycles.